The predicted octanol–water partition coefficient (Wildman–Crippen LogP) is -0.229. The number of rotatable bonds is 4. The highest BCUT2D eigenvalue weighted by Crippen LogP contribution is 2.39. The molecule has 0 aromatic rings. The number of aliphatic hydroxyl groups is 2. The van der Waals surface area contributed by atoms with Gasteiger partial charge in [-0.1, -0.05) is 21.0 Å². The van der Waals surface area contributed by atoms with E-state index in [-0.39, 0.29) is 6.42 Å². The van der Waals surface area contributed by atoms with Crippen molar-refractivity contribution in [2.24, 2.45) is 5.11 Å². The molecule has 2 heterocycles. The van der Waals surface area contributed by atoms with E-state index in [1.807, 2.05) is 0 Å². The molecule has 2 rings (SSSR count). The van der Waals surface area contributed by atoms with E-state index in [2.05, 4.69) is 31.3 Å². The molecule has 23 heavy (non-hydrogen) atoms. The number of urea groups is 1. The minimum atomic E-state index is -2.02. The van der Waals surface area contributed by atoms with Crippen LogP contribution in [0.3, 0.4) is 0 Å². The third-order valence-corrected chi connectivity index (χ3v) is 4.60. The number of alkyl halides is 1. The summed E-state index contributed by atoms with van der Waals surface area (Å²) in [6.45, 7) is 0.887. The van der Waals surface area contributed by atoms with Crippen molar-refractivity contribution in [1.82, 2.24) is 10.2 Å². The van der Waals surface area contributed by atoms with Crippen molar-refractivity contribution >= 4 is 27.9 Å². The Bertz CT molecular complexity index is 567. The van der Waals surface area contributed by atoms with Gasteiger partial charge >= 0.3 is 6.03 Å². The zero-order chi connectivity index (χ0) is 17.4. The highest BCUT2D eigenvalue weighted by molar-refractivity contribution is 9.10. The minimum Gasteiger partial charge on any atom is -0.394 e. The lowest BCUT2D eigenvalue weighted by Gasteiger charge is -2.44. The number of carbonyl (C=O) groups is 2. The Labute approximate surface area is 139 Å². The maximum absolute atomic E-state index is 12.2. The number of halogens is 1. The molecular weight excluding hydrogens is 378 g/mol. The number of hydrogen-bond acceptors (Lipinski definition) is 7. The van der Waals surface area contributed by atoms with Gasteiger partial charge in [0, 0.05) is 18.4 Å². The summed E-state index contributed by atoms with van der Waals surface area (Å²) in [6.07, 6.45) is -3.61. The van der Waals surface area contributed by atoms with Gasteiger partial charge in [-0.2, -0.15) is 0 Å². The number of nitrogens with one attached hydrogen (secondary N) is 1. The number of aliphatic hydroxyl groups excluding tert-OH is 1. The largest absolute Gasteiger partial charge is 0.394 e. The molecule has 0 aliphatic carbocycles. The van der Waals surface area contributed by atoms with E-state index in [1.165, 1.54) is 14.0 Å². The van der Waals surface area contributed by atoms with Crippen LogP contribution in [-0.4, -0.2) is 69.4 Å². The van der Waals surface area contributed by atoms with E-state index in [4.69, 9.17) is 15.0 Å². The average molecular weight is 394 g/mol. The summed E-state index contributed by atoms with van der Waals surface area (Å²) in [7, 11) is 1.31. The molecular formula is C11H16BrN5O6. The fourth-order valence-corrected chi connectivity index (χ4v) is 3.16. The molecule has 3 amide bonds. The molecule has 0 aromatic heterocycles. The van der Waals surface area contributed by atoms with Crippen LogP contribution in [0, 0.1) is 0 Å². The van der Waals surface area contributed by atoms with Crippen molar-refractivity contribution in [3.63, 3.8) is 0 Å². The number of amides is 3. The summed E-state index contributed by atoms with van der Waals surface area (Å²) in [5.41, 5.74) is 6.54. The Kier molecular flexibility index (Phi) is 4.85. The van der Waals surface area contributed by atoms with Crippen LogP contribution >= 0.6 is 15.9 Å². The second-order valence-corrected chi connectivity index (χ2v) is 7.01. The van der Waals surface area contributed by atoms with Crippen molar-refractivity contribution in [2.75, 3.05) is 13.7 Å². The first-order valence-electron chi connectivity index (χ1n) is 6.61. The lowest BCUT2D eigenvalue weighted by Crippen LogP contribution is -2.69. The quantitative estimate of drug-likeness (QED) is 0.259. The summed E-state index contributed by atoms with van der Waals surface area (Å²) in [4.78, 5) is 27.7. The van der Waals surface area contributed by atoms with E-state index in [9.17, 15) is 19.8 Å². The monoisotopic (exact) mass is 393 g/mol. The van der Waals surface area contributed by atoms with Gasteiger partial charge in [-0.15, -0.1) is 0 Å². The van der Waals surface area contributed by atoms with Crippen LogP contribution in [0.5, 0.6) is 0 Å². The summed E-state index contributed by atoms with van der Waals surface area (Å²) < 4.78 is 9.42. The molecule has 128 valence electrons. The van der Waals surface area contributed by atoms with Crippen molar-refractivity contribution in [2.45, 2.75) is 42.0 Å². The number of carbonyl (C=O) groups excluding carboxylic acids is 2. The SMILES string of the molecule is CO[C@H]1N([C@H]2C[C@@](O)(N=[N+]=[N-])[C@@H](CO)O2)C(=O)NC(=O)[C@]1(C)Br. The number of nitrogens with zero attached hydrogens (tertiary/aromatic N) is 4. The molecule has 0 radical (unpaired) electrons. The Hall–Kier alpha value is -1.43. The van der Waals surface area contributed by atoms with Crippen molar-refractivity contribution < 1.29 is 29.3 Å². The number of ether oxygens (including phenoxy) is 2. The van der Waals surface area contributed by atoms with E-state index in [1.54, 1.807) is 0 Å². The summed E-state index contributed by atoms with van der Waals surface area (Å²) in [5.74, 6) is -0.590. The second kappa shape index (κ2) is 6.23. The lowest BCUT2D eigenvalue weighted by molar-refractivity contribution is -0.155. The van der Waals surface area contributed by atoms with Crippen LogP contribution in [-0.2, 0) is 14.3 Å². The van der Waals surface area contributed by atoms with Crippen LogP contribution in [0.2, 0.25) is 0 Å². The van der Waals surface area contributed by atoms with Gasteiger partial charge in [-0.05, 0) is 12.5 Å². The zero-order valence-corrected chi connectivity index (χ0v) is 13.9. The molecule has 12 heteroatoms. The minimum absolute atomic E-state index is 0.285. The van der Waals surface area contributed by atoms with E-state index in [0.717, 1.165) is 4.90 Å². The predicted molar refractivity (Wildman–Crippen MR) is 78.0 cm³/mol. The van der Waals surface area contributed by atoms with Gasteiger partial charge in [0.15, 0.2) is 12.0 Å². The molecule has 0 bridgehead atoms. The van der Waals surface area contributed by atoms with E-state index < -0.39 is 47.2 Å². The molecule has 0 aromatic carbocycles. The Morgan fingerprint density at radius 1 is 1.65 bits per heavy atom. The number of methoxy groups -OCH3 is 1. The third-order valence-electron chi connectivity index (χ3n) is 3.84. The fraction of sp³-hybridized carbons (Fsp3) is 0.818. The first-order valence-corrected chi connectivity index (χ1v) is 7.41. The number of imide groups is 1. The maximum Gasteiger partial charge on any atom is 0.328 e. The molecule has 0 saturated carbocycles. The smallest absolute Gasteiger partial charge is 0.328 e. The van der Waals surface area contributed by atoms with E-state index >= 15 is 0 Å². The first-order chi connectivity index (χ1) is 10.7. The van der Waals surface area contributed by atoms with Crippen LogP contribution in [0.25, 0.3) is 10.4 Å². The molecule has 0 spiro atoms. The average Bonchev–Trinajstić information content (AvgIpc) is 2.79. The number of azide groups is 1. The van der Waals surface area contributed by atoms with Gasteiger partial charge in [0.2, 0.25) is 5.91 Å². The van der Waals surface area contributed by atoms with Crippen LogP contribution in [0.15, 0.2) is 5.11 Å². The molecule has 3 N–H and O–H groups in total. The van der Waals surface area contributed by atoms with Crippen LogP contribution in [0.4, 0.5) is 4.79 Å². The van der Waals surface area contributed by atoms with Crippen LogP contribution < -0.4 is 5.32 Å². The first kappa shape index (κ1) is 17.9. The molecule has 2 fully saturated rings. The van der Waals surface area contributed by atoms with Crippen molar-refractivity contribution in [1.29, 1.82) is 0 Å². The molecule has 2 aliphatic rings. The zero-order valence-electron chi connectivity index (χ0n) is 12.3. The van der Waals surface area contributed by atoms with Gasteiger partial charge in [-0.3, -0.25) is 15.0 Å². The van der Waals surface area contributed by atoms with Crippen LogP contribution in [0.1, 0.15) is 13.3 Å². The van der Waals surface area contributed by atoms with E-state index in [0.29, 0.717) is 0 Å². The third kappa shape index (κ3) is 2.89. The topological polar surface area (TPSA) is 157 Å². The molecule has 11 nitrogen and oxygen atoms in total. The molecule has 5 atom stereocenters. The Balaban J connectivity index is 2.35. The maximum atomic E-state index is 12.2. The van der Waals surface area contributed by atoms with Gasteiger partial charge in [-0.25, -0.2) is 4.79 Å². The molecule has 0 unspecified atom stereocenters. The highest BCUT2D eigenvalue weighted by Gasteiger charge is 2.57. The Morgan fingerprint density at radius 3 is 2.83 bits per heavy atom. The summed E-state index contributed by atoms with van der Waals surface area (Å²) in [5, 5.41) is 25.0. The van der Waals surface area contributed by atoms with Gasteiger partial charge in [0.1, 0.15) is 16.7 Å². The fourth-order valence-electron chi connectivity index (χ4n) is 2.65. The van der Waals surface area contributed by atoms with Crippen molar-refractivity contribution in [3.05, 3.63) is 10.4 Å². The van der Waals surface area contributed by atoms with Crippen molar-refractivity contribution in [3.8, 4) is 0 Å². The Morgan fingerprint density at radius 2 is 2.30 bits per heavy atom. The lowest BCUT2D eigenvalue weighted by atomic mass is 10.0. The standard InChI is InChI=1S/C11H16BrN5O6/c1-10(12)7(19)14-9(20)17(8(10)22-2)6-3-11(21,15-16-13)5(4-18)23-6/h5-6,8,18,21H,3-4H2,1-2H3,(H,14,19,20)/t5-,6-,8-,10+,11+/m1/s1. The second-order valence-electron chi connectivity index (χ2n) is 5.36. The van der Waals surface area contributed by atoms with Gasteiger partial charge in [0.05, 0.1) is 6.61 Å². The summed E-state index contributed by atoms with van der Waals surface area (Å²) >= 11 is 3.21. The normalized spacial score (nSPS) is 40.7. The molecule has 2 aliphatic heterocycles. The van der Waals surface area contributed by atoms with Gasteiger partial charge < -0.3 is 19.7 Å². The summed E-state index contributed by atoms with van der Waals surface area (Å²) in [6, 6.07) is -0.786. The highest BCUT2D eigenvalue weighted by atomic mass is 79.9. The number of hydrogen-bond donors (Lipinski definition) is 3. The van der Waals surface area contributed by atoms with Gasteiger partial charge in [0.25, 0.3) is 0 Å². The molecule has 2 saturated heterocycles.